The van der Waals surface area contributed by atoms with Crippen molar-refractivity contribution in [3.05, 3.63) is 35.4 Å². The molecule has 0 aromatic heterocycles. The lowest BCUT2D eigenvalue weighted by atomic mass is 9.94. The second kappa shape index (κ2) is 4.45. The first kappa shape index (κ1) is 11.7. The zero-order valence-electron chi connectivity index (χ0n) is 9.72. The van der Waals surface area contributed by atoms with Crippen molar-refractivity contribution >= 4 is 5.91 Å². The summed E-state index contributed by atoms with van der Waals surface area (Å²) in [7, 11) is 3.56. The van der Waals surface area contributed by atoms with Crippen molar-refractivity contribution in [1.82, 2.24) is 10.6 Å². The number of benzene rings is 1. The van der Waals surface area contributed by atoms with Gasteiger partial charge in [0.15, 0.2) is 0 Å². The van der Waals surface area contributed by atoms with Crippen LogP contribution in [0.1, 0.15) is 29.8 Å². The number of carbonyl (C=O) groups is 1. The first-order chi connectivity index (χ1) is 7.01. The number of rotatable bonds is 3. The van der Waals surface area contributed by atoms with E-state index >= 15 is 0 Å². The largest absolute Gasteiger partial charge is 0.355 e. The van der Waals surface area contributed by atoms with Crippen LogP contribution in [-0.4, -0.2) is 20.0 Å². The molecular formula is C12H18N2O. The Labute approximate surface area is 90.9 Å². The Morgan fingerprint density at radius 2 is 1.67 bits per heavy atom. The van der Waals surface area contributed by atoms with Gasteiger partial charge in [0.2, 0.25) is 0 Å². The van der Waals surface area contributed by atoms with E-state index in [0.29, 0.717) is 5.56 Å². The molecule has 82 valence electrons. The number of hydrogen-bond donors (Lipinski definition) is 2. The fourth-order valence-electron chi connectivity index (χ4n) is 1.33. The van der Waals surface area contributed by atoms with E-state index in [0.717, 1.165) is 5.56 Å². The zero-order chi connectivity index (χ0) is 11.5. The summed E-state index contributed by atoms with van der Waals surface area (Å²) in [5, 5.41) is 5.82. The fourth-order valence-corrected chi connectivity index (χ4v) is 1.33. The summed E-state index contributed by atoms with van der Waals surface area (Å²) in [5.74, 6) is -0.0520. The van der Waals surface area contributed by atoms with Crippen LogP contribution in [0.3, 0.4) is 0 Å². The lowest BCUT2D eigenvalue weighted by molar-refractivity contribution is 0.0963. The fraction of sp³-hybridized carbons (Fsp3) is 0.417. The standard InChI is InChI=1S/C12H18N2O/c1-12(2,14-4)10-7-5-9(6-8-10)11(15)13-3/h5-8,14H,1-4H3,(H,13,15). The molecule has 0 heterocycles. The predicted octanol–water partition coefficient (Wildman–Crippen LogP) is 1.50. The highest BCUT2D eigenvalue weighted by atomic mass is 16.1. The summed E-state index contributed by atoms with van der Waals surface area (Å²) >= 11 is 0. The van der Waals surface area contributed by atoms with Crippen LogP contribution < -0.4 is 10.6 Å². The molecule has 1 aromatic carbocycles. The van der Waals surface area contributed by atoms with E-state index in [4.69, 9.17) is 0 Å². The zero-order valence-corrected chi connectivity index (χ0v) is 9.72. The summed E-state index contributed by atoms with van der Waals surface area (Å²) in [5.41, 5.74) is 1.78. The second-order valence-corrected chi connectivity index (χ2v) is 4.03. The monoisotopic (exact) mass is 206 g/mol. The van der Waals surface area contributed by atoms with Gasteiger partial charge in [0, 0.05) is 18.2 Å². The molecule has 0 aliphatic carbocycles. The van der Waals surface area contributed by atoms with Crippen LogP contribution in [0, 0.1) is 0 Å². The molecule has 1 aromatic rings. The molecule has 0 saturated heterocycles. The van der Waals surface area contributed by atoms with Gasteiger partial charge in [-0.15, -0.1) is 0 Å². The van der Waals surface area contributed by atoms with Gasteiger partial charge in [0.25, 0.3) is 5.91 Å². The van der Waals surface area contributed by atoms with Crippen LogP contribution in [0.5, 0.6) is 0 Å². The predicted molar refractivity (Wildman–Crippen MR) is 61.9 cm³/mol. The molecule has 0 fully saturated rings. The van der Waals surface area contributed by atoms with E-state index in [1.807, 2.05) is 31.3 Å². The Hall–Kier alpha value is -1.35. The number of nitrogens with one attached hydrogen (secondary N) is 2. The van der Waals surface area contributed by atoms with Crippen LogP contribution in [0.2, 0.25) is 0 Å². The van der Waals surface area contributed by atoms with Crippen molar-refractivity contribution in [2.75, 3.05) is 14.1 Å². The first-order valence-corrected chi connectivity index (χ1v) is 5.03. The van der Waals surface area contributed by atoms with Crippen LogP contribution in [0.4, 0.5) is 0 Å². The molecule has 0 atom stereocenters. The number of carbonyl (C=O) groups excluding carboxylic acids is 1. The molecule has 1 amide bonds. The Balaban J connectivity index is 2.95. The second-order valence-electron chi connectivity index (χ2n) is 4.03. The smallest absolute Gasteiger partial charge is 0.251 e. The summed E-state index contributed by atoms with van der Waals surface area (Å²) in [4.78, 5) is 11.3. The van der Waals surface area contributed by atoms with Gasteiger partial charge >= 0.3 is 0 Å². The van der Waals surface area contributed by atoms with E-state index in [-0.39, 0.29) is 11.4 Å². The van der Waals surface area contributed by atoms with Crippen LogP contribution in [0.15, 0.2) is 24.3 Å². The van der Waals surface area contributed by atoms with Gasteiger partial charge in [0.05, 0.1) is 0 Å². The van der Waals surface area contributed by atoms with Crippen molar-refractivity contribution < 1.29 is 4.79 Å². The molecule has 2 N–H and O–H groups in total. The molecule has 0 radical (unpaired) electrons. The Morgan fingerprint density at radius 1 is 1.13 bits per heavy atom. The van der Waals surface area contributed by atoms with E-state index in [1.54, 1.807) is 7.05 Å². The van der Waals surface area contributed by atoms with E-state index in [2.05, 4.69) is 24.5 Å². The third-order valence-electron chi connectivity index (χ3n) is 2.72. The molecule has 0 saturated carbocycles. The molecule has 0 spiro atoms. The van der Waals surface area contributed by atoms with Gasteiger partial charge in [-0.05, 0) is 38.6 Å². The average molecular weight is 206 g/mol. The topological polar surface area (TPSA) is 41.1 Å². The minimum Gasteiger partial charge on any atom is -0.355 e. The maximum atomic E-state index is 11.3. The SMILES string of the molecule is CNC(=O)c1ccc(C(C)(C)NC)cc1. The number of amides is 1. The van der Waals surface area contributed by atoms with E-state index in [9.17, 15) is 4.79 Å². The molecule has 3 heteroatoms. The summed E-state index contributed by atoms with van der Waals surface area (Å²) in [6.07, 6.45) is 0. The van der Waals surface area contributed by atoms with Gasteiger partial charge in [-0.2, -0.15) is 0 Å². The van der Waals surface area contributed by atoms with Crippen LogP contribution in [0.25, 0.3) is 0 Å². The lowest BCUT2D eigenvalue weighted by Gasteiger charge is -2.24. The molecule has 15 heavy (non-hydrogen) atoms. The van der Waals surface area contributed by atoms with Gasteiger partial charge in [0.1, 0.15) is 0 Å². The third-order valence-corrected chi connectivity index (χ3v) is 2.72. The highest BCUT2D eigenvalue weighted by Gasteiger charge is 2.17. The minimum absolute atomic E-state index is 0.0520. The summed E-state index contributed by atoms with van der Waals surface area (Å²) in [6.45, 7) is 4.20. The van der Waals surface area contributed by atoms with Gasteiger partial charge in [-0.1, -0.05) is 12.1 Å². The third kappa shape index (κ3) is 2.57. The van der Waals surface area contributed by atoms with Crippen LogP contribution in [-0.2, 0) is 5.54 Å². The highest BCUT2D eigenvalue weighted by Crippen LogP contribution is 2.19. The van der Waals surface area contributed by atoms with Crippen LogP contribution >= 0.6 is 0 Å². The molecule has 0 aliphatic rings. The molecule has 3 nitrogen and oxygen atoms in total. The molecule has 0 bridgehead atoms. The Morgan fingerprint density at radius 3 is 2.07 bits per heavy atom. The van der Waals surface area contributed by atoms with E-state index in [1.165, 1.54) is 0 Å². The summed E-state index contributed by atoms with van der Waals surface area (Å²) < 4.78 is 0. The quantitative estimate of drug-likeness (QED) is 0.787. The first-order valence-electron chi connectivity index (χ1n) is 5.03. The van der Waals surface area contributed by atoms with Crippen molar-refractivity contribution in [1.29, 1.82) is 0 Å². The Kier molecular flexibility index (Phi) is 3.48. The van der Waals surface area contributed by atoms with E-state index < -0.39 is 0 Å². The Bertz CT molecular complexity index is 341. The maximum Gasteiger partial charge on any atom is 0.251 e. The lowest BCUT2D eigenvalue weighted by Crippen LogP contribution is -2.33. The van der Waals surface area contributed by atoms with Gasteiger partial charge in [-0.25, -0.2) is 0 Å². The van der Waals surface area contributed by atoms with Crippen molar-refractivity contribution in [3.63, 3.8) is 0 Å². The van der Waals surface area contributed by atoms with Crippen molar-refractivity contribution in [2.45, 2.75) is 19.4 Å². The highest BCUT2D eigenvalue weighted by molar-refractivity contribution is 5.93. The average Bonchev–Trinajstić information content (AvgIpc) is 2.28. The van der Waals surface area contributed by atoms with Gasteiger partial charge in [-0.3, -0.25) is 4.79 Å². The normalized spacial score (nSPS) is 11.2. The van der Waals surface area contributed by atoms with Gasteiger partial charge < -0.3 is 10.6 Å². The molecule has 1 rings (SSSR count). The maximum absolute atomic E-state index is 11.3. The molecule has 0 unspecified atom stereocenters. The number of hydrogen-bond acceptors (Lipinski definition) is 2. The summed E-state index contributed by atoms with van der Waals surface area (Å²) in [6, 6.07) is 7.63. The van der Waals surface area contributed by atoms with Crippen molar-refractivity contribution in [2.24, 2.45) is 0 Å². The van der Waals surface area contributed by atoms with Crippen molar-refractivity contribution in [3.8, 4) is 0 Å². The molecular weight excluding hydrogens is 188 g/mol. The minimum atomic E-state index is -0.0682. The molecule has 0 aliphatic heterocycles.